The van der Waals surface area contributed by atoms with Crippen molar-refractivity contribution in [1.29, 1.82) is 5.26 Å². The summed E-state index contributed by atoms with van der Waals surface area (Å²) in [5.41, 5.74) is 2.22. The van der Waals surface area contributed by atoms with Gasteiger partial charge in [0.1, 0.15) is 23.2 Å². The lowest BCUT2D eigenvalue weighted by atomic mass is 10.2. The van der Waals surface area contributed by atoms with E-state index in [4.69, 9.17) is 10.00 Å². The molecule has 1 aromatic heterocycles. The van der Waals surface area contributed by atoms with Crippen LogP contribution in [0.4, 0.5) is 23.0 Å². The summed E-state index contributed by atoms with van der Waals surface area (Å²) in [6, 6.07) is 18.9. The highest BCUT2D eigenvalue weighted by Gasteiger charge is 2.07. The summed E-state index contributed by atoms with van der Waals surface area (Å²) in [6.07, 6.45) is 0. The lowest BCUT2D eigenvalue weighted by molar-refractivity contribution is 0.342. The normalized spacial score (nSPS) is 10.0. The number of aryl methyl sites for hydroxylation is 1. The second kappa shape index (κ2) is 7.99. The number of rotatable bonds is 6. The fraction of sp³-hybridized carbons (Fsp3) is 0.150. The summed E-state index contributed by atoms with van der Waals surface area (Å²) < 4.78 is 5.64. The van der Waals surface area contributed by atoms with Gasteiger partial charge in [-0.05, 0) is 44.2 Å². The molecule has 0 saturated heterocycles. The number of anilines is 4. The molecule has 0 atom stereocenters. The average Bonchev–Trinajstić information content (AvgIpc) is 2.63. The highest BCUT2D eigenvalue weighted by Crippen LogP contribution is 2.28. The molecule has 2 aromatic carbocycles. The molecule has 26 heavy (non-hydrogen) atoms. The second-order valence-corrected chi connectivity index (χ2v) is 5.56. The molecule has 0 unspecified atom stereocenters. The van der Waals surface area contributed by atoms with Crippen LogP contribution in [0.1, 0.15) is 18.3 Å². The average molecular weight is 345 g/mol. The molecular weight excluding hydrogens is 326 g/mol. The molecule has 0 fully saturated rings. The number of hydrogen-bond acceptors (Lipinski definition) is 6. The van der Waals surface area contributed by atoms with Gasteiger partial charge < -0.3 is 15.4 Å². The van der Waals surface area contributed by atoms with E-state index in [-0.39, 0.29) is 0 Å². The van der Waals surface area contributed by atoms with E-state index >= 15 is 0 Å². The van der Waals surface area contributed by atoms with E-state index in [2.05, 4.69) is 26.7 Å². The van der Waals surface area contributed by atoms with Crippen LogP contribution in [0.25, 0.3) is 0 Å². The first-order valence-electron chi connectivity index (χ1n) is 8.29. The van der Waals surface area contributed by atoms with Crippen molar-refractivity contribution in [3.05, 3.63) is 66.0 Å². The molecule has 0 spiro atoms. The van der Waals surface area contributed by atoms with E-state index in [1.165, 1.54) is 0 Å². The van der Waals surface area contributed by atoms with Gasteiger partial charge in [0.05, 0.1) is 23.9 Å². The number of nitriles is 1. The monoisotopic (exact) mass is 345 g/mol. The Morgan fingerprint density at radius 1 is 1.00 bits per heavy atom. The largest absolute Gasteiger partial charge is 0.492 e. The molecule has 0 saturated carbocycles. The van der Waals surface area contributed by atoms with Crippen LogP contribution in [0.5, 0.6) is 5.75 Å². The number of para-hydroxylation sites is 2. The zero-order valence-corrected chi connectivity index (χ0v) is 14.7. The molecular formula is C20H19N5O. The summed E-state index contributed by atoms with van der Waals surface area (Å²) in [6.45, 7) is 4.36. The Labute approximate surface area is 152 Å². The smallest absolute Gasteiger partial charge is 0.142 e. The minimum absolute atomic E-state index is 0.587. The predicted molar refractivity (Wildman–Crippen MR) is 102 cm³/mol. The van der Waals surface area contributed by atoms with Gasteiger partial charge in [0.25, 0.3) is 0 Å². The highest BCUT2D eigenvalue weighted by atomic mass is 16.5. The third-order valence-electron chi connectivity index (χ3n) is 3.55. The Kier molecular flexibility index (Phi) is 5.30. The van der Waals surface area contributed by atoms with Gasteiger partial charge in [0.2, 0.25) is 0 Å². The maximum absolute atomic E-state index is 9.02. The second-order valence-electron chi connectivity index (χ2n) is 5.56. The highest BCUT2D eigenvalue weighted by molar-refractivity contribution is 5.67. The number of nitrogens with one attached hydrogen (secondary N) is 2. The fourth-order valence-corrected chi connectivity index (χ4v) is 2.50. The van der Waals surface area contributed by atoms with Crippen molar-refractivity contribution in [3.8, 4) is 11.8 Å². The standard InChI is InChI=1S/C20H19N5O/c1-3-26-18-10-5-4-9-17(18)25-20-12-19(22-14(2)23-20)24-16-8-6-7-15(11-16)13-21/h4-12H,3H2,1-2H3,(H2,22,23,24,25). The Bertz CT molecular complexity index is 949. The van der Waals surface area contributed by atoms with Crippen molar-refractivity contribution in [2.24, 2.45) is 0 Å². The van der Waals surface area contributed by atoms with Gasteiger partial charge in [0, 0.05) is 11.8 Å². The van der Waals surface area contributed by atoms with Crippen LogP contribution >= 0.6 is 0 Å². The van der Waals surface area contributed by atoms with Gasteiger partial charge in [-0.3, -0.25) is 0 Å². The molecule has 0 bridgehead atoms. The lowest BCUT2D eigenvalue weighted by Crippen LogP contribution is -2.03. The van der Waals surface area contributed by atoms with Gasteiger partial charge in [-0.15, -0.1) is 0 Å². The Balaban J connectivity index is 1.85. The minimum Gasteiger partial charge on any atom is -0.492 e. The number of aromatic nitrogens is 2. The van der Waals surface area contributed by atoms with Gasteiger partial charge in [-0.1, -0.05) is 18.2 Å². The lowest BCUT2D eigenvalue weighted by Gasteiger charge is -2.13. The predicted octanol–water partition coefficient (Wildman–Crippen LogP) is 4.54. The van der Waals surface area contributed by atoms with E-state index < -0.39 is 0 Å². The first-order chi connectivity index (χ1) is 12.7. The molecule has 0 aliphatic carbocycles. The van der Waals surface area contributed by atoms with E-state index in [1.807, 2.05) is 56.3 Å². The summed E-state index contributed by atoms with van der Waals surface area (Å²) in [7, 11) is 0. The zero-order valence-electron chi connectivity index (χ0n) is 14.7. The van der Waals surface area contributed by atoms with Crippen LogP contribution in [0.3, 0.4) is 0 Å². The van der Waals surface area contributed by atoms with Crippen LogP contribution in [0.15, 0.2) is 54.6 Å². The maximum Gasteiger partial charge on any atom is 0.142 e. The van der Waals surface area contributed by atoms with Crippen molar-refractivity contribution in [1.82, 2.24) is 9.97 Å². The van der Waals surface area contributed by atoms with E-state index in [0.717, 1.165) is 17.1 Å². The third kappa shape index (κ3) is 4.28. The van der Waals surface area contributed by atoms with Crippen LogP contribution in [-0.4, -0.2) is 16.6 Å². The van der Waals surface area contributed by atoms with Gasteiger partial charge in [-0.25, -0.2) is 9.97 Å². The zero-order chi connectivity index (χ0) is 18.4. The summed E-state index contributed by atoms with van der Waals surface area (Å²) >= 11 is 0. The van der Waals surface area contributed by atoms with Crippen molar-refractivity contribution in [3.63, 3.8) is 0 Å². The maximum atomic E-state index is 9.02. The third-order valence-corrected chi connectivity index (χ3v) is 3.55. The molecule has 0 aliphatic heterocycles. The molecule has 6 nitrogen and oxygen atoms in total. The van der Waals surface area contributed by atoms with E-state index in [9.17, 15) is 0 Å². The Morgan fingerprint density at radius 2 is 1.77 bits per heavy atom. The Morgan fingerprint density at radius 3 is 2.54 bits per heavy atom. The van der Waals surface area contributed by atoms with Crippen LogP contribution in [0.2, 0.25) is 0 Å². The van der Waals surface area contributed by atoms with Gasteiger partial charge in [0.15, 0.2) is 0 Å². The van der Waals surface area contributed by atoms with Crippen molar-refractivity contribution in [2.45, 2.75) is 13.8 Å². The van der Waals surface area contributed by atoms with Gasteiger partial charge >= 0.3 is 0 Å². The molecule has 3 aromatic rings. The Hall–Kier alpha value is -3.59. The quantitative estimate of drug-likeness (QED) is 0.682. The molecule has 1 heterocycles. The van der Waals surface area contributed by atoms with E-state index in [1.54, 1.807) is 12.1 Å². The first-order valence-corrected chi connectivity index (χ1v) is 8.29. The molecule has 2 N–H and O–H groups in total. The molecule has 0 radical (unpaired) electrons. The molecule has 0 aliphatic rings. The van der Waals surface area contributed by atoms with Crippen LogP contribution < -0.4 is 15.4 Å². The number of benzene rings is 2. The summed E-state index contributed by atoms with van der Waals surface area (Å²) in [5.74, 6) is 2.69. The summed E-state index contributed by atoms with van der Waals surface area (Å²) in [5, 5.41) is 15.5. The number of nitrogens with zero attached hydrogens (tertiary/aromatic N) is 3. The van der Waals surface area contributed by atoms with Gasteiger partial charge in [-0.2, -0.15) is 5.26 Å². The fourth-order valence-electron chi connectivity index (χ4n) is 2.50. The van der Waals surface area contributed by atoms with Crippen LogP contribution in [0, 0.1) is 18.3 Å². The van der Waals surface area contributed by atoms with Crippen molar-refractivity contribution < 1.29 is 4.74 Å². The SMILES string of the molecule is CCOc1ccccc1Nc1cc(Nc2cccc(C#N)c2)nc(C)n1. The van der Waals surface area contributed by atoms with Crippen molar-refractivity contribution in [2.75, 3.05) is 17.2 Å². The number of ether oxygens (including phenoxy) is 1. The molecule has 0 amide bonds. The molecule has 6 heteroatoms. The molecule has 3 rings (SSSR count). The van der Waals surface area contributed by atoms with Crippen molar-refractivity contribution >= 4 is 23.0 Å². The minimum atomic E-state index is 0.587. The van der Waals surface area contributed by atoms with E-state index in [0.29, 0.717) is 29.6 Å². The topological polar surface area (TPSA) is 82.9 Å². The first kappa shape index (κ1) is 17.2. The summed E-state index contributed by atoms with van der Waals surface area (Å²) in [4.78, 5) is 8.84. The molecule has 130 valence electrons. The van der Waals surface area contributed by atoms with Crippen LogP contribution in [-0.2, 0) is 0 Å². The number of hydrogen-bond donors (Lipinski definition) is 2.